The first-order valence-corrected chi connectivity index (χ1v) is 7.00. The van der Waals surface area contributed by atoms with Crippen LogP contribution < -0.4 is 5.32 Å². The largest absolute Gasteiger partial charge is 0.301 e. The summed E-state index contributed by atoms with van der Waals surface area (Å²) in [6.45, 7) is 0. The number of nitriles is 1. The quantitative estimate of drug-likeness (QED) is 0.825. The standard InChI is InChI=1S/C8H9N3O3S2/c9-2-1-5-16(13,14)6-7(12)11-8-10-3-4-15-8/h3-4H,1,5-6H2,(H,10,11,12). The van der Waals surface area contributed by atoms with Crippen molar-refractivity contribution in [3.05, 3.63) is 11.6 Å². The van der Waals surface area contributed by atoms with Gasteiger partial charge in [0.2, 0.25) is 5.91 Å². The van der Waals surface area contributed by atoms with E-state index in [1.165, 1.54) is 17.5 Å². The average Bonchev–Trinajstić information content (AvgIpc) is 2.66. The van der Waals surface area contributed by atoms with Gasteiger partial charge in [0, 0.05) is 18.0 Å². The van der Waals surface area contributed by atoms with Crippen LogP contribution in [0.4, 0.5) is 5.13 Å². The van der Waals surface area contributed by atoms with E-state index in [1.807, 2.05) is 0 Å². The summed E-state index contributed by atoms with van der Waals surface area (Å²) in [6, 6.07) is 1.72. The molecule has 1 rings (SSSR count). The van der Waals surface area contributed by atoms with Crippen LogP contribution in [-0.2, 0) is 14.6 Å². The molecule has 0 aliphatic carbocycles. The number of rotatable bonds is 5. The molecule has 1 heterocycles. The monoisotopic (exact) mass is 259 g/mol. The van der Waals surface area contributed by atoms with Crippen LogP contribution in [0.1, 0.15) is 6.42 Å². The number of anilines is 1. The minimum atomic E-state index is -3.50. The normalized spacial score (nSPS) is 10.7. The Morgan fingerprint density at radius 2 is 2.38 bits per heavy atom. The highest BCUT2D eigenvalue weighted by atomic mass is 32.2. The van der Waals surface area contributed by atoms with E-state index >= 15 is 0 Å². The lowest BCUT2D eigenvalue weighted by molar-refractivity contribution is -0.113. The number of aromatic nitrogens is 1. The third-order valence-corrected chi connectivity index (χ3v) is 3.77. The maximum Gasteiger partial charge on any atom is 0.241 e. The predicted molar refractivity (Wildman–Crippen MR) is 59.6 cm³/mol. The van der Waals surface area contributed by atoms with Crippen molar-refractivity contribution in [1.29, 1.82) is 5.26 Å². The highest BCUT2D eigenvalue weighted by Gasteiger charge is 2.16. The number of hydrogen-bond acceptors (Lipinski definition) is 6. The molecule has 0 radical (unpaired) electrons. The second kappa shape index (κ2) is 5.58. The molecular formula is C8H9N3O3S2. The van der Waals surface area contributed by atoms with Crippen molar-refractivity contribution in [2.24, 2.45) is 0 Å². The molecule has 1 N–H and O–H groups in total. The molecule has 86 valence electrons. The number of carbonyl (C=O) groups excluding carboxylic acids is 1. The number of amides is 1. The minimum Gasteiger partial charge on any atom is -0.301 e. The molecule has 0 aromatic carbocycles. The average molecular weight is 259 g/mol. The fourth-order valence-corrected chi connectivity index (χ4v) is 2.48. The lowest BCUT2D eigenvalue weighted by Crippen LogP contribution is -2.24. The zero-order valence-electron chi connectivity index (χ0n) is 8.21. The van der Waals surface area contributed by atoms with Crippen LogP contribution in [0.3, 0.4) is 0 Å². The van der Waals surface area contributed by atoms with Crippen LogP contribution in [-0.4, -0.2) is 30.8 Å². The topological polar surface area (TPSA) is 99.9 Å². The minimum absolute atomic E-state index is 0.104. The number of thiazole rings is 1. The van der Waals surface area contributed by atoms with Gasteiger partial charge in [-0.2, -0.15) is 5.26 Å². The molecule has 0 aliphatic heterocycles. The third kappa shape index (κ3) is 4.37. The van der Waals surface area contributed by atoms with E-state index in [1.54, 1.807) is 11.4 Å². The smallest absolute Gasteiger partial charge is 0.241 e. The Morgan fingerprint density at radius 1 is 1.62 bits per heavy atom. The van der Waals surface area contributed by atoms with Gasteiger partial charge in [-0.05, 0) is 0 Å². The molecule has 0 spiro atoms. The van der Waals surface area contributed by atoms with Crippen LogP contribution >= 0.6 is 11.3 Å². The van der Waals surface area contributed by atoms with Crippen molar-refractivity contribution >= 4 is 32.2 Å². The zero-order valence-corrected chi connectivity index (χ0v) is 9.84. The summed E-state index contributed by atoms with van der Waals surface area (Å²) in [7, 11) is -3.50. The van der Waals surface area contributed by atoms with Gasteiger partial charge in [-0.25, -0.2) is 13.4 Å². The van der Waals surface area contributed by atoms with E-state index in [0.717, 1.165) is 0 Å². The maximum absolute atomic E-state index is 11.3. The molecule has 0 atom stereocenters. The second-order valence-electron chi connectivity index (χ2n) is 2.89. The van der Waals surface area contributed by atoms with Crippen molar-refractivity contribution in [2.75, 3.05) is 16.8 Å². The van der Waals surface area contributed by atoms with Gasteiger partial charge in [-0.1, -0.05) is 0 Å². The van der Waals surface area contributed by atoms with Crippen molar-refractivity contribution in [3.63, 3.8) is 0 Å². The first kappa shape index (κ1) is 12.6. The summed E-state index contributed by atoms with van der Waals surface area (Å²) in [4.78, 5) is 15.1. The lowest BCUT2D eigenvalue weighted by Gasteiger charge is -2.01. The van der Waals surface area contributed by atoms with Gasteiger partial charge in [0.05, 0.1) is 11.8 Å². The van der Waals surface area contributed by atoms with E-state index in [9.17, 15) is 13.2 Å². The van der Waals surface area contributed by atoms with Crippen LogP contribution in [0, 0.1) is 11.3 Å². The zero-order chi connectivity index (χ0) is 12.0. The van der Waals surface area contributed by atoms with Gasteiger partial charge in [0.15, 0.2) is 15.0 Å². The first-order chi connectivity index (χ1) is 7.53. The molecule has 0 saturated heterocycles. The third-order valence-electron chi connectivity index (χ3n) is 1.55. The van der Waals surface area contributed by atoms with Gasteiger partial charge in [-0.15, -0.1) is 11.3 Å². The molecule has 0 aliphatic rings. The van der Waals surface area contributed by atoms with Crippen molar-refractivity contribution < 1.29 is 13.2 Å². The lowest BCUT2D eigenvalue weighted by atomic mass is 10.6. The number of sulfone groups is 1. The van der Waals surface area contributed by atoms with Crippen molar-refractivity contribution in [3.8, 4) is 6.07 Å². The highest BCUT2D eigenvalue weighted by molar-refractivity contribution is 7.92. The van der Waals surface area contributed by atoms with E-state index in [0.29, 0.717) is 5.13 Å². The Morgan fingerprint density at radius 3 is 2.94 bits per heavy atom. The number of carbonyl (C=O) groups is 1. The Bertz CT molecular complexity index is 487. The molecule has 0 fully saturated rings. The molecular weight excluding hydrogens is 250 g/mol. The number of nitrogens with one attached hydrogen (secondary N) is 1. The van der Waals surface area contributed by atoms with E-state index < -0.39 is 21.5 Å². The van der Waals surface area contributed by atoms with Gasteiger partial charge in [0.25, 0.3) is 0 Å². The molecule has 0 unspecified atom stereocenters. The van der Waals surface area contributed by atoms with Crippen molar-refractivity contribution in [1.82, 2.24) is 4.98 Å². The highest BCUT2D eigenvalue weighted by Crippen LogP contribution is 2.10. The van der Waals surface area contributed by atoms with Crippen LogP contribution in [0.15, 0.2) is 11.6 Å². The van der Waals surface area contributed by atoms with Crippen LogP contribution in [0.25, 0.3) is 0 Å². The molecule has 0 saturated carbocycles. The van der Waals surface area contributed by atoms with E-state index in [2.05, 4.69) is 10.3 Å². The number of nitrogens with zero attached hydrogens (tertiary/aromatic N) is 2. The molecule has 0 bridgehead atoms. The number of hydrogen-bond donors (Lipinski definition) is 1. The van der Waals surface area contributed by atoms with Gasteiger partial charge in [-0.3, -0.25) is 4.79 Å². The predicted octanol–water partition coefficient (Wildman–Crippen LogP) is 0.410. The Balaban J connectivity index is 2.49. The Hall–Kier alpha value is -1.46. The molecule has 1 aromatic heterocycles. The summed E-state index contributed by atoms with van der Waals surface area (Å²) in [6.07, 6.45) is 1.40. The summed E-state index contributed by atoms with van der Waals surface area (Å²) in [5, 5.41) is 12.6. The van der Waals surface area contributed by atoms with Crippen LogP contribution in [0.5, 0.6) is 0 Å². The van der Waals surface area contributed by atoms with E-state index in [4.69, 9.17) is 5.26 Å². The molecule has 8 heteroatoms. The fourth-order valence-electron chi connectivity index (χ4n) is 0.914. The Kier molecular flexibility index (Phi) is 4.39. The molecule has 1 aromatic rings. The summed E-state index contributed by atoms with van der Waals surface area (Å²) in [5.74, 6) is -1.55. The first-order valence-electron chi connectivity index (χ1n) is 4.30. The van der Waals surface area contributed by atoms with Gasteiger partial charge < -0.3 is 5.32 Å². The van der Waals surface area contributed by atoms with Crippen molar-refractivity contribution in [2.45, 2.75) is 6.42 Å². The SMILES string of the molecule is N#CCCS(=O)(=O)CC(=O)Nc1nccs1. The fraction of sp³-hybridized carbons (Fsp3) is 0.375. The van der Waals surface area contributed by atoms with Crippen LogP contribution in [0.2, 0.25) is 0 Å². The van der Waals surface area contributed by atoms with Gasteiger partial charge in [0.1, 0.15) is 5.75 Å². The second-order valence-corrected chi connectivity index (χ2v) is 5.96. The van der Waals surface area contributed by atoms with Gasteiger partial charge >= 0.3 is 0 Å². The Labute approximate surface area is 96.8 Å². The molecule has 16 heavy (non-hydrogen) atoms. The summed E-state index contributed by atoms with van der Waals surface area (Å²) >= 11 is 1.20. The van der Waals surface area contributed by atoms with E-state index in [-0.39, 0.29) is 12.2 Å². The molecule has 6 nitrogen and oxygen atoms in total. The molecule has 1 amide bonds. The summed E-state index contributed by atoms with van der Waals surface area (Å²) < 4.78 is 22.6. The maximum atomic E-state index is 11.3. The summed E-state index contributed by atoms with van der Waals surface area (Å²) in [5.41, 5.74) is 0.